The Bertz CT molecular complexity index is 1060. The van der Waals surface area contributed by atoms with Crippen molar-refractivity contribution in [1.29, 1.82) is 0 Å². The van der Waals surface area contributed by atoms with Gasteiger partial charge in [0.1, 0.15) is 0 Å². The number of carboxylic acids is 4. The van der Waals surface area contributed by atoms with Gasteiger partial charge in [-0.2, -0.15) is 0 Å². The quantitative estimate of drug-likeness (QED) is 0.318. The Balaban J connectivity index is 0.000000308. The summed E-state index contributed by atoms with van der Waals surface area (Å²) in [6, 6.07) is 7.20. The molecule has 0 bridgehead atoms. The van der Waals surface area contributed by atoms with Crippen molar-refractivity contribution >= 4 is 64.7 Å². The number of benzene rings is 2. The molecule has 11 nitrogen and oxygen atoms in total. The summed E-state index contributed by atoms with van der Waals surface area (Å²) in [5, 5.41) is 34.6. The van der Waals surface area contributed by atoms with Gasteiger partial charge >= 0.3 is 126 Å². The number of carbonyl (C=O) groups is 4. The molecule has 148 valence electrons. The van der Waals surface area contributed by atoms with Crippen molar-refractivity contribution in [3.8, 4) is 0 Å². The Morgan fingerprint density at radius 3 is 1.38 bits per heavy atom. The van der Waals surface area contributed by atoms with E-state index in [0.29, 0.717) is 0 Å². The van der Waals surface area contributed by atoms with Crippen LogP contribution in [0.4, 0.5) is 0 Å². The summed E-state index contributed by atoms with van der Waals surface area (Å²) in [5.41, 5.74) is -1.27. The average Bonchev–Trinajstić information content (AvgIpc) is 2.60. The van der Waals surface area contributed by atoms with Gasteiger partial charge in [0.25, 0.3) is 0 Å². The molecule has 0 saturated heterocycles. The molecule has 0 aliphatic carbocycles. The number of carboxylic acid groups (broad SMARTS) is 4. The molecule has 0 amide bonds. The van der Waals surface area contributed by atoms with E-state index in [1.165, 1.54) is 30.3 Å². The van der Waals surface area contributed by atoms with E-state index in [2.05, 4.69) is 0 Å². The van der Waals surface area contributed by atoms with Gasteiger partial charge in [0.2, 0.25) is 0 Å². The first-order valence-corrected chi connectivity index (χ1v) is 9.85. The van der Waals surface area contributed by atoms with Gasteiger partial charge in [0.05, 0.1) is 11.1 Å². The number of hydrogen-bond acceptors (Lipinski definition) is 6. The molecule has 0 aromatic heterocycles. The summed E-state index contributed by atoms with van der Waals surface area (Å²) < 4.78 is 31.3. The van der Waals surface area contributed by atoms with E-state index in [9.17, 15) is 27.6 Å². The molecule has 2 aromatic carbocycles. The van der Waals surface area contributed by atoms with Crippen molar-refractivity contribution < 1.29 is 52.6 Å². The maximum Gasteiger partial charge on any atom is 0.335 e. The molecule has 13 heteroatoms. The van der Waals surface area contributed by atoms with Crippen molar-refractivity contribution in [3.05, 3.63) is 58.7 Å². The monoisotopic (exact) mass is 434 g/mol. The summed E-state index contributed by atoms with van der Waals surface area (Å²) >= 11 is 0.200. The number of aromatic carboxylic acids is 4. The normalized spacial score (nSPS) is 10.4. The van der Waals surface area contributed by atoms with Crippen LogP contribution in [0.15, 0.2) is 41.3 Å². The molecule has 29 heavy (non-hydrogen) atoms. The van der Waals surface area contributed by atoms with Crippen molar-refractivity contribution in [2.75, 3.05) is 0 Å². The topological polar surface area (TPSA) is 204 Å². The molecule has 0 fully saturated rings. The van der Waals surface area contributed by atoms with Gasteiger partial charge in [0, 0.05) is 0 Å². The zero-order valence-corrected chi connectivity index (χ0v) is 17.4. The molecular formula is C16H11NaO11S. The standard InChI is InChI=1S/C8H5O7S.C8H6O4.Na/c9-7(10)4-2-1-3-5(8(11)12)6(4)16(13,14)15;9-7(10)5-1-2-6(4-3-5)8(11)12;/h1-2H,(H,9,10)(H,11,12)(H,13,14,15);1-4H,(H,9,10)(H,11,12);. The molecule has 0 saturated carbocycles. The minimum Gasteiger partial charge on any atom is -0.478 e. The molecule has 2 aromatic rings. The molecule has 0 aliphatic rings. The van der Waals surface area contributed by atoms with E-state index in [0.717, 1.165) is 6.07 Å². The van der Waals surface area contributed by atoms with E-state index in [-0.39, 0.29) is 41.9 Å². The minimum absolute atomic E-state index is 0.0833. The van der Waals surface area contributed by atoms with Crippen molar-refractivity contribution in [2.45, 2.75) is 4.90 Å². The zero-order valence-electron chi connectivity index (χ0n) is 14.6. The molecule has 5 N–H and O–H groups in total. The van der Waals surface area contributed by atoms with Crippen LogP contribution < -0.4 is 2.81 Å². The van der Waals surface area contributed by atoms with Crippen molar-refractivity contribution in [1.82, 2.24) is 0 Å². The van der Waals surface area contributed by atoms with Crippen LogP contribution in [-0.4, -0.2) is 85.2 Å². The first kappa shape index (κ1) is 24.3. The van der Waals surface area contributed by atoms with Crippen LogP contribution >= 0.6 is 0 Å². The second-order valence-electron chi connectivity index (χ2n) is 5.41. The molecule has 0 heterocycles. The van der Waals surface area contributed by atoms with Crippen LogP contribution in [0.5, 0.6) is 0 Å². The van der Waals surface area contributed by atoms with Gasteiger partial charge in [0.15, 0.2) is 0 Å². The maximum atomic E-state index is 11.1. The minimum atomic E-state index is -4.92. The van der Waals surface area contributed by atoms with E-state index in [1.54, 1.807) is 0 Å². The average molecular weight is 434 g/mol. The zero-order chi connectivity index (χ0) is 22.5. The van der Waals surface area contributed by atoms with Gasteiger partial charge in [-0.3, -0.25) is 0 Å². The molecule has 0 radical (unpaired) electrons. The van der Waals surface area contributed by atoms with Crippen LogP contribution in [0, 0.1) is 0 Å². The fourth-order valence-corrected chi connectivity index (χ4v) is 3.89. The predicted molar refractivity (Wildman–Crippen MR) is 95.9 cm³/mol. The predicted octanol–water partition coefficient (Wildman–Crippen LogP) is 0.207. The van der Waals surface area contributed by atoms with Crippen LogP contribution in [0.3, 0.4) is 0 Å². The van der Waals surface area contributed by atoms with Crippen molar-refractivity contribution in [3.63, 3.8) is 0 Å². The van der Waals surface area contributed by atoms with Crippen LogP contribution in [0.2, 0.25) is 0 Å². The molecule has 0 unspecified atom stereocenters. The van der Waals surface area contributed by atoms with Gasteiger partial charge < -0.3 is 10.2 Å². The fourth-order valence-electron chi connectivity index (χ4n) is 2.14. The van der Waals surface area contributed by atoms with Crippen molar-refractivity contribution in [2.24, 2.45) is 0 Å². The maximum absolute atomic E-state index is 11.1. The molecule has 0 atom stereocenters. The largest absolute Gasteiger partial charge is 0.478 e. The number of hydrogen-bond donors (Lipinski definition) is 5. The van der Waals surface area contributed by atoms with E-state index < -0.39 is 50.0 Å². The smallest absolute Gasteiger partial charge is 0.335 e. The Hall–Kier alpha value is -2.77. The summed E-state index contributed by atoms with van der Waals surface area (Å²) in [5.74, 6) is -5.34. The van der Waals surface area contributed by atoms with Crippen LogP contribution in [0.25, 0.3) is 0 Å². The molecular weight excluding hydrogens is 423 g/mol. The Kier molecular flexibility index (Phi) is 8.05. The molecule has 2 rings (SSSR count). The molecule has 0 aliphatic heterocycles. The Labute approximate surface area is 180 Å². The fraction of sp³-hybridized carbons (Fsp3) is 0. The van der Waals surface area contributed by atoms with Gasteiger partial charge in [-0.1, -0.05) is 0 Å². The third-order valence-corrected chi connectivity index (χ3v) is 5.22. The molecule has 0 spiro atoms. The summed E-state index contributed by atoms with van der Waals surface area (Å²) in [6.45, 7) is 0. The third kappa shape index (κ3) is 6.37. The SMILES string of the molecule is O=C(O)c1cc[c]([Na])c(C(=O)O)c1S(=O)(=O)O.O=C(O)c1ccc(C(=O)O)cc1. The Morgan fingerprint density at radius 2 is 1.10 bits per heavy atom. The Morgan fingerprint density at radius 1 is 0.690 bits per heavy atom. The summed E-state index contributed by atoms with van der Waals surface area (Å²) in [6.07, 6.45) is 0. The summed E-state index contributed by atoms with van der Waals surface area (Å²) in [7, 11) is -4.92. The third-order valence-electron chi connectivity index (χ3n) is 3.45. The van der Waals surface area contributed by atoms with Crippen LogP contribution in [0.1, 0.15) is 41.4 Å². The van der Waals surface area contributed by atoms with Gasteiger partial charge in [-0.25, -0.2) is 9.59 Å². The van der Waals surface area contributed by atoms with Gasteiger partial charge in [-0.05, 0) is 24.3 Å². The van der Waals surface area contributed by atoms with Gasteiger partial charge in [-0.15, -0.1) is 0 Å². The van der Waals surface area contributed by atoms with E-state index in [4.69, 9.17) is 25.0 Å². The first-order chi connectivity index (χ1) is 13.3. The second-order valence-corrected chi connectivity index (χ2v) is 7.84. The van der Waals surface area contributed by atoms with Crippen LogP contribution in [-0.2, 0) is 10.1 Å². The second kappa shape index (κ2) is 9.62. The van der Waals surface area contributed by atoms with E-state index in [1.807, 2.05) is 0 Å². The van der Waals surface area contributed by atoms with E-state index >= 15 is 0 Å². The summed E-state index contributed by atoms with van der Waals surface area (Å²) in [4.78, 5) is 41.3. The number of rotatable bonds is 5. The first-order valence-electron chi connectivity index (χ1n) is 7.41.